The molecule has 0 unspecified atom stereocenters. The number of hydrogen-bond donors (Lipinski definition) is 1. The van der Waals surface area contributed by atoms with Crippen molar-refractivity contribution in [2.45, 2.75) is 50.9 Å². The number of amides is 2. The zero-order chi connectivity index (χ0) is 27.2. The molecule has 10 nitrogen and oxygen atoms in total. The van der Waals surface area contributed by atoms with Crippen LogP contribution in [-0.2, 0) is 22.7 Å². The number of ether oxygens (including phenoxy) is 2. The first-order valence-electron chi connectivity index (χ1n) is 12.7. The number of nitrogens with zero attached hydrogens (tertiary/aromatic N) is 5. The quantitative estimate of drug-likeness (QED) is 0.288. The van der Waals surface area contributed by atoms with Crippen molar-refractivity contribution in [2.75, 3.05) is 14.2 Å². The maximum absolute atomic E-state index is 13.8. The lowest BCUT2D eigenvalue weighted by atomic mass is 10.1. The van der Waals surface area contributed by atoms with E-state index in [0.717, 1.165) is 35.4 Å². The third-order valence-corrected chi connectivity index (χ3v) is 8.46. The summed E-state index contributed by atoms with van der Waals surface area (Å²) in [5.41, 5.74) is 0.675. The highest BCUT2D eigenvalue weighted by atomic mass is 32.1. The summed E-state index contributed by atoms with van der Waals surface area (Å²) in [6.45, 7) is 0.138. The number of carbonyl (C=O) groups is 2. The second-order valence-corrected chi connectivity index (χ2v) is 11.2. The Kier molecular flexibility index (Phi) is 8.52. The maximum Gasteiger partial charge on any atom is 0.248 e. The van der Waals surface area contributed by atoms with E-state index in [1.54, 1.807) is 48.7 Å². The van der Waals surface area contributed by atoms with Gasteiger partial charge in [0, 0.05) is 21.4 Å². The highest BCUT2D eigenvalue weighted by molar-refractivity contribution is 7.10. The molecule has 3 heterocycles. The van der Waals surface area contributed by atoms with E-state index in [1.807, 2.05) is 35.0 Å². The third kappa shape index (κ3) is 6.28. The Morgan fingerprint density at radius 1 is 1.08 bits per heavy atom. The van der Waals surface area contributed by atoms with E-state index in [4.69, 9.17) is 9.47 Å². The van der Waals surface area contributed by atoms with Crippen LogP contribution in [-0.4, -0.2) is 57.2 Å². The fraction of sp³-hybridized carbons (Fsp3) is 0.370. The first-order valence-corrected chi connectivity index (χ1v) is 14.5. The predicted molar refractivity (Wildman–Crippen MR) is 149 cm³/mol. The number of aromatic nitrogens is 4. The number of carbonyl (C=O) groups excluding carboxylic acids is 2. The van der Waals surface area contributed by atoms with Crippen molar-refractivity contribution in [3.05, 3.63) is 63.0 Å². The van der Waals surface area contributed by atoms with Crippen molar-refractivity contribution in [2.24, 2.45) is 0 Å². The summed E-state index contributed by atoms with van der Waals surface area (Å²) < 4.78 is 10.7. The minimum Gasteiger partial charge on any atom is -0.493 e. The van der Waals surface area contributed by atoms with Crippen molar-refractivity contribution in [3.63, 3.8) is 0 Å². The molecule has 12 heteroatoms. The van der Waals surface area contributed by atoms with Crippen LogP contribution in [0.25, 0.3) is 11.4 Å². The van der Waals surface area contributed by atoms with Gasteiger partial charge in [0.2, 0.25) is 17.6 Å². The zero-order valence-corrected chi connectivity index (χ0v) is 23.4. The monoisotopic (exact) mass is 566 g/mol. The van der Waals surface area contributed by atoms with Gasteiger partial charge in [-0.25, -0.2) is 0 Å². The Balaban J connectivity index is 1.40. The van der Waals surface area contributed by atoms with Gasteiger partial charge in [-0.1, -0.05) is 25.0 Å². The molecule has 0 saturated heterocycles. The second-order valence-electron chi connectivity index (χ2n) is 9.22. The Labute approximate surface area is 234 Å². The number of thiophene rings is 2. The zero-order valence-electron chi connectivity index (χ0n) is 21.8. The molecule has 1 N–H and O–H groups in total. The molecule has 5 rings (SSSR count). The van der Waals surface area contributed by atoms with Crippen LogP contribution in [0.2, 0.25) is 0 Å². The van der Waals surface area contributed by atoms with Crippen LogP contribution in [0.15, 0.2) is 53.2 Å². The molecule has 0 bridgehead atoms. The number of methoxy groups -OCH3 is 2. The van der Waals surface area contributed by atoms with Crippen molar-refractivity contribution in [3.8, 4) is 22.9 Å². The second kappa shape index (κ2) is 12.4. The van der Waals surface area contributed by atoms with Gasteiger partial charge in [-0.05, 0) is 59.1 Å². The molecule has 204 valence electrons. The van der Waals surface area contributed by atoms with Gasteiger partial charge >= 0.3 is 0 Å². The lowest BCUT2D eigenvalue weighted by molar-refractivity contribution is -0.142. The molecule has 1 aromatic carbocycles. The molecule has 0 spiro atoms. The number of hydrogen-bond acceptors (Lipinski definition) is 9. The minimum atomic E-state index is -0.756. The van der Waals surface area contributed by atoms with Crippen LogP contribution in [0, 0.1) is 0 Å². The minimum absolute atomic E-state index is 0.139. The summed E-state index contributed by atoms with van der Waals surface area (Å²) in [6, 6.07) is 12.4. The van der Waals surface area contributed by atoms with Gasteiger partial charge in [0.15, 0.2) is 11.5 Å². The summed E-state index contributed by atoms with van der Waals surface area (Å²) in [6.07, 6.45) is 4.13. The van der Waals surface area contributed by atoms with E-state index in [2.05, 4.69) is 20.7 Å². The fourth-order valence-electron chi connectivity index (χ4n) is 4.73. The van der Waals surface area contributed by atoms with Crippen molar-refractivity contribution >= 4 is 34.5 Å². The topological polar surface area (TPSA) is 111 Å². The van der Waals surface area contributed by atoms with Gasteiger partial charge in [0.25, 0.3) is 0 Å². The highest BCUT2D eigenvalue weighted by Crippen LogP contribution is 2.32. The van der Waals surface area contributed by atoms with E-state index in [9.17, 15) is 9.59 Å². The molecule has 2 amide bonds. The average Bonchev–Trinajstić information content (AvgIpc) is 3.77. The summed E-state index contributed by atoms with van der Waals surface area (Å²) >= 11 is 3.01. The van der Waals surface area contributed by atoms with Gasteiger partial charge in [0.05, 0.1) is 20.8 Å². The molecule has 1 fully saturated rings. The first kappa shape index (κ1) is 26.8. The number of tetrazole rings is 1. The van der Waals surface area contributed by atoms with Crippen LogP contribution in [0.4, 0.5) is 0 Å². The Morgan fingerprint density at radius 2 is 1.85 bits per heavy atom. The van der Waals surface area contributed by atoms with Crippen molar-refractivity contribution in [1.29, 1.82) is 0 Å². The molecule has 39 heavy (non-hydrogen) atoms. The highest BCUT2D eigenvalue weighted by Gasteiger charge is 2.34. The smallest absolute Gasteiger partial charge is 0.248 e. The Bertz CT molecular complexity index is 1380. The summed E-state index contributed by atoms with van der Waals surface area (Å²) in [7, 11) is 3.12. The molecule has 3 aromatic heterocycles. The van der Waals surface area contributed by atoms with E-state index in [1.165, 1.54) is 16.1 Å². The van der Waals surface area contributed by atoms with Gasteiger partial charge in [-0.3, -0.25) is 9.59 Å². The van der Waals surface area contributed by atoms with Gasteiger partial charge < -0.3 is 19.7 Å². The number of rotatable bonds is 11. The fourth-order valence-corrected chi connectivity index (χ4v) is 6.27. The maximum atomic E-state index is 13.8. The van der Waals surface area contributed by atoms with Crippen molar-refractivity contribution < 1.29 is 19.1 Å². The van der Waals surface area contributed by atoms with Crippen LogP contribution >= 0.6 is 22.7 Å². The molecule has 4 aromatic rings. The van der Waals surface area contributed by atoms with Gasteiger partial charge in [0.1, 0.15) is 12.6 Å². The summed E-state index contributed by atoms with van der Waals surface area (Å²) in [5, 5.41) is 19.8. The molecular weight excluding hydrogens is 536 g/mol. The van der Waals surface area contributed by atoms with E-state index < -0.39 is 6.04 Å². The number of benzene rings is 1. The number of nitrogens with one attached hydrogen (secondary N) is 1. The molecular formula is C27H30N6O4S2. The molecule has 0 radical (unpaired) electrons. The largest absolute Gasteiger partial charge is 0.493 e. The Morgan fingerprint density at radius 3 is 2.54 bits per heavy atom. The standard InChI is InChI=1S/C27H30N6O4S2/c1-36-21-12-11-18(15-22(21)37-2)26-29-31-33(30-26)17-24(34)32(16-20-9-5-13-38-20)25(23-10-6-14-39-23)27(35)28-19-7-3-4-8-19/h5-6,9-15,19,25H,3-4,7-8,16-17H2,1-2H3,(H,28,35)/t25-/m1/s1. The average molecular weight is 567 g/mol. The third-order valence-electron chi connectivity index (χ3n) is 6.67. The Hall–Kier alpha value is -3.77. The molecule has 1 saturated carbocycles. The summed E-state index contributed by atoms with van der Waals surface area (Å²) in [5.74, 6) is 1.04. The lowest BCUT2D eigenvalue weighted by Gasteiger charge is -2.31. The lowest BCUT2D eigenvalue weighted by Crippen LogP contribution is -2.46. The van der Waals surface area contributed by atoms with E-state index in [-0.39, 0.29) is 24.4 Å². The van der Waals surface area contributed by atoms with Crippen LogP contribution in [0.5, 0.6) is 11.5 Å². The molecule has 0 aliphatic heterocycles. The van der Waals surface area contributed by atoms with Gasteiger partial charge in [-0.15, -0.1) is 32.9 Å². The SMILES string of the molecule is COc1ccc(-c2nnn(CC(=O)N(Cc3cccs3)[C@@H](C(=O)NC3CCCC3)c3cccs3)n2)cc1OC. The van der Waals surface area contributed by atoms with E-state index in [0.29, 0.717) is 29.4 Å². The summed E-state index contributed by atoms with van der Waals surface area (Å²) in [4.78, 5) is 32.2. The molecule has 1 aliphatic carbocycles. The van der Waals surface area contributed by atoms with Gasteiger partial charge in [-0.2, -0.15) is 4.80 Å². The van der Waals surface area contributed by atoms with Crippen molar-refractivity contribution in [1.82, 2.24) is 30.4 Å². The molecule has 1 atom stereocenters. The first-order chi connectivity index (χ1) is 19.1. The van der Waals surface area contributed by atoms with Crippen LogP contribution < -0.4 is 14.8 Å². The van der Waals surface area contributed by atoms with Crippen LogP contribution in [0.3, 0.4) is 0 Å². The predicted octanol–water partition coefficient (Wildman–Crippen LogP) is 4.31. The van der Waals surface area contributed by atoms with E-state index >= 15 is 0 Å². The van der Waals surface area contributed by atoms with Crippen LogP contribution in [0.1, 0.15) is 41.5 Å². The normalized spacial score (nSPS) is 14.2. The molecule has 1 aliphatic rings.